The molecule has 1 amide bonds. The summed E-state index contributed by atoms with van der Waals surface area (Å²) in [7, 11) is 2.03. The lowest BCUT2D eigenvalue weighted by Crippen LogP contribution is -2.47. The minimum absolute atomic E-state index is 0.0273. The molecule has 1 aliphatic rings. The van der Waals surface area contributed by atoms with Gasteiger partial charge in [-0.05, 0) is 80.0 Å². The standard InChI is InChI=1S/C37H33F5N4O2S/c1-44-18-15-29(16-19-44)45(21-24-7-9-25(10-8-24)26-11-13-28(14-12-26)37(40,41)42)33(48)22-46-34(20-32(47)30-5-3-17-43-36(30)46)49-23-27-4-2-6-31(38)35(27)39/h2-14,17,20,29H,15-16,18-19,21-23H2,1H3. The van der Waals surface area contributed by atoms with Crippen LogP contribution < -0.4 is 5.43 Å². The smallest absolute Gasteiger partial charge is 0.334 e. The predicted molar refractivity (Wildman–Crippen MR) is 180 cm³/mol. The highest BCUT2D eigenvalue weighted by molar-refractivity contribution is 7.98. The molecule has 1 saturated heterocycles. The number of alkyl halides is 3. The molecule has 49 heavy (non-hydrogen) atoms. The molecule has 0 aliphatic carbocycles. The molecule has 3 aromatic carbocycles. The lowest BCUT2D eigenvalue weighted by Gasteiger charge is -2.38. The molecule has 0 saturated carbocycles. The lowest BCUT2D eigenvalue weighted by atomic mass is 10.0. The molecule has 2 aromatic heterocycles. The molecule has 254 valence electrons. The van der Waals surface area contributed by atoms with Crippen molar-refractivity contribution in [1.82, 2.24) is 19.4 Å². The van der Waals surface area contributed by atoms with Crippen molar-refractivity contribution in [3.05, 3.63) is 130 Å². The number of benzene rings is 3. The number of fused-ring (bicyclic) bond motifs is 1. The normalized spacial score (nSPS) is 14.3. The lowest BCUT2D eigenvalue weighted by molar-refractivity contribution is -0.137. The average Bonchev–Trinajstić information content (AvgIpc) is 3.09. The van der Waals surface area contributed by atoms with Gasteiger partial charge in [0.1, 0.15) is 12.2 Å². The molecule has 5 aromatic rings. The Morgan fingerprint density at radius 1 is 0.939 bits per heavy atom. The molecule has 0 N–H and O–H groups in total. The number of carbonyl (C=O) groups is 1. The highest BCUT2D eigenvalue weighted by Gasteiger charge is 2.30. The summed E-state index contributed by atoms with van der Waals surface area (Å²) in [4.78, 5) is 35.9. The van der Waals surface area contributed by atoms with Gasteiger partial charge in [-0.1, -0.05) is 48.5 Å². The first-order valence-corrected chi connectivity index (χ1v) is 16.8. The summed E-state index contributed by atoms with van der Waals surface area (Å²) in [5.41, 5.74) is 1.67. The van der Waals surface area contributed by atoms with Crippen molar-refractivity contribution in [2.75, 3.05) is 20.1 Å². The van der Waals surface area contributed by atoms with Crippen molar-refractivity contribution in [3.63, 3.8) is 0 Å². The first kappa shape index (κ1) is 34.3. The predicted octanol–water partition coefficient (Wildman–Crippen LogP) is 7.78. The van der Waals surface area contributed by atoms with Crippen molar-refractivity contribution < 1.29 is 26.7 Å². The van der Waals surface area contributed by atoms with Crippen LogP contribution in [0.3, 0.4) is 0 Å². The van der Waals surface area contributed by atoms with Crippen LogP contribution in [0.1, 0.15) is 29.5 Å². The van der Waals surface area contributed by atoms with E-state index in [0.717, 1.165) is 67.0 Å². The Morgan fingerprint density at radius 2 is 1.61 bits per heavy atom. The third-order valence-electron chi connectivity index (χ3n) is 8.83. The molecule has 3 heterocycles. The number of piperidine rings is 1. The Morgan fingerprint density at radius 3 is 2.29 bits per heavy atom. The zero-order valence-corrected chi connectivity index (χ0v) is 27.4. The molecular formula is C37H33F5N4O2S. The Labute approximate surface area is 284 Å². The van der Waals surface area contributed by atoms with E-state index in [1.807, 2.05) is 36.2 Å². The van der Waals surface area contributed by atoms with Crippen LogP contribution in [0.15, 0.2) is 101 Å². The van der Waals surface area contributed by atoms with Crippen molar-refractivity contribution in [1.29, 1.82) is 0 Å². The number of rotatable bonds is 9. The summed E-state index contributed by atoms with van der Waals surface area (Å²) in [5, 5.41) is 0.735. The fraction of sp³-hybridized carbons (Fsp3) is 0.270. The van der Waals surface area contributed by atoms with Gasteiger partial charge in [0.15, 0.2) is 17.1 Å². The van der Waals surface area contributed by atoms with Crippen molar-refractivity contribution in [2.24, 2.45) is 0 Å². The maximum Gasteiger partial charge on any atom is 0.416 e. The highest BCUT2D eigenvalue weighted by Crippen LogP contribution is 2.32. The van der Waals surface area contributed by atoms with Gasteiger partial charge >= 0.3 is 6.18 Å². The van der Waals surface area contributed by atoms with E-state index in [2.05, 4.69) is 9.88 Å². The van der Waals surface area contributed by atoms with Gasteiger partial charge in [-0.2, -0.15) is 13.2 Å². The van der Waals surface area contributed by atoms with Gasteiger partial charge in [0.2, 0.25) is 5.91 Å². The SMILES string of the molecule is CN1CCC(N(Cc2ccc(-c3ccc(C(F)(F)F)cc3)cc2)C(=O)Cn2c(SCc3cccc(F)c3F)cc(=O)c3cccnc32)CC1. The summed E-state index contributed by atoms with van der Waals surface area (Å²) in [6.07, 6.45) is -1.36. The number of thioether (sulfide) groups is 1. The number of nitrogens with zero attached hydrogens (tertiary/aromatic N) is 4. The van der Waals surface area contributed by atoms with Gasteiger partial charge < -0.3 is 14.4 Å². The summed E-state index contributed by atoms with van der Waals surface area (Å²) in [5.74, 6) is -2.10. The maximum absolute atomic E-state index is 14.5. The number of halogens is 5. The average molecular weight is 693 g/mol. The van der Waals surface area contributed by atoms with Crippen LogP contribution in [-0.2, 0) is 29.8 Å². The number of likely N-dealkylation sites (tertiary alicyclic amines) is 1. The van der Waals surface area contributed by atoms with Gasteiger partial charge in [-0.25, -0.2) is 13.8 Å². The highest BCUT2D eigenvalue weighted by atomic mass is 32.2. The van der Waals surface area contributed by atoms with E-state index < -0.39 is 23.4 Å². The first-order chi connectivity index (χ1) is 23.5. The molecule has 6 nitrogen and oxygen atoms in total. The Bertz CT molecular complexity index is 2010. The zero-order valence-electron chi connectivity index (χ0n) is 26.6. The van der Waals surface area contributed by atoms with Crippen molar-refractivity contribution >= 4 is 28.7 Å². The van der Waals surface area contributed by atoms with Gasteiger partial charge in [0.25, 0.3) is 0 Å². The zero-order chi connectivity index (χ0) is 34.7. The molecule has 12 heteroatoms. The molecule has 0 bridgehead atoms. The minimum Gasteiger partial charge on any atom is -0.334 e. The van der Waals surface area contributed by atoms with E-state index in [1.165, 1.54) is 36.5 Å². The van der Waals surface area contributed by atoms with Gasteiger partial charge in [-0.15, -0.1) is 11.8 Å². The van der Waals surface area contributed by atoms with Crippen LogP contribution in [0.2, 0.25) is 0 Å². The van der Waals surface area contributed by atoms with Gasteiger partial charge in [0, 0.05) is 36.2 Å². The Balaban J connectivity index is 1.29. The van der Waals surface area contributed by atoms with Crippen LogP contribution in [-0.4, -0.2) is 51.4 Å². The third kappa shape index (κ3) is 7.86. The summed E-state index contributed by atoms with van der Waals surface area (Å²) < 4.78 is 69.2. The second-order valence-electron chi connectivity index (χ2n) is 12.1. The van der Waals surface area contributed by atoms with E-state index >= 15 is 0 Å². The molecule has 0 unspecified atom stereocenters. The van der Waals surface area contributed by atoms with Gasteiger partial charge in [0.05, 0.1) is 16.0 Å². The van der Waals surface area contributed by atoms with Crippen molar-refractivity contribution in [2.45, 2.75) is 48.9 Å². The molecule has 1 aliphatic heterocycles. The molecular weight excluding hydrogens is 659 g/mol. The van der Waals surface area contributed by atoms with Crippen LogP contribution in [0.4, 0.5) is 22.0 Å². The van der Waals surface area contributed by atoms with Crippen LogP contribution in [0.5, 0.6) is 0 Å². The molecule has 6 rings (SSSR count). The quantitative estimate of drug-likeness (QED) is 0.117. The summed E-state index contributed by atoms with van der Waals surface area (Å²) in [6.45, 7) is 1.77. The molecule has 0 atom stereocenters. The second-order valence-corrected chi connectivity index (χ2v) is 13.1. The summed E-state index contributed by atoms with van der Waals surface area (Å²) in [6, 6.07) is 20.9. The fourth-order valence-corrected chi connectivity index (χ4v) is 7.09. The molecule has 0 spiro atoms. The van der Waals surface area contributed by atoms with E-state index in [1.54, 1.807) is 16.7 Å². The molecule has 1 fully saturated rings. The number of pyridine rings is 2. The van der Waals surface area contributed by atoms with E-state index in [4.69, 9.17) is 0 Å². The van der Waals surface area contributed by atoms with Crippen LogP contribution in [0, 0.1) is 11.6 Å². The largest absolute Gasteiger partial charge is 0.416 e. The Hall–Kier alpha value is -4.55. The number of carbonyl (C=O) groups excluding carboxylic acids is 1. The minimum atomic E-state index is -4.41. The topological polar surface area (TPSA) is 58.4 Å². The molecule has 0 radical (unpaired) electrons. The summed E-state index contributed by atoms with van der Waals surface area (Å²) >= 11 is 1.12. The van der Waals surface area contributed by atoms with Crippen LogP contribution in [0.25, 0.3) is 22.2 Å². The van der Waals surface area contributed by atoms with E-state index in [0.29, 0.717) is 28.2 Å². The van der Waals surface area contributed by atoms with E-state index in [-0.39, 0.29) is 35.2 Å². The van der Waals surface area contributed by atoms with Crippen LogP contribution >= 0.6 is 11.8 Å². The van der Waals surface area contributed by atoms with Crippen molar-refractivity contribution in [3.8, 4) is 11.1 Å². The third-order valence-corrected chi connectivity index (χ3v) is 9.92. The second kappa shape index (κ2) is 14.5. The van der Waals surface area contributed by atoms with Gasteiger partial charge in [-0.3, -0.25) is 9.59 Å². The number of amides is 1. The monoisotopic (exact) mass is 692 g/mol. The number of hydrogen-bond acceptors (Lipinski definition) is 5. The fourth-order valence-electron chi connectivity index (χ4n) is 6.07. The maximum atomic E-state index is 14.5. The Kier molecular flexibility index (Phi) is 10.2. The number of aromatic nitrogens is 2. The van der Waals surface area contributed by atoms with E-state index in [9.17, 15) is 31.5 Å². The number of hydrogen-bond donors (Lipinski definition) is 0. The first-order valence-electron chi connectivity index (χ1n) is 15.8.